The van der Waals surface area contributed by atoms with Crippen molar-refractivity contribution in [1.82, 2.24) is 0 Å². The molecule has 3 aromatic rings. The highest BCUT2D eigenvalue weighted by Gasteiger charge is 2.45. The summed E-state index contributed by atoms with van der Waals surface area (Å²) in [4.78, 5) is 2.42. The summed E-state index contributed by atoms with van der Waals surface area (Å²) in [7, 11) is 2.21. The Kier molecular flexibility index (Phi) is 4.16. The maximum atomic E-state index is 4.06. The molecule has 0 saturated carbocycles. The minimum Gasteiger partial charge on any atom is -0.367 e. The molecule has 1 heteroatoms. The first-order chi connectivity index (χ1) is 12.6. The second-order valence-corrected chi connectivity index (χ2v) is 7.42. The molecule has 0 bridgehead atoms. The number of allylic oxidation sites excluding steroid dienone is 1. The third-order valence-electron chi connectivity index (χ3n) is 5.77. The van der Waals surface area contributed by atoms with Crippen molar-refractivity contribution in [3.05, 3.63) is 96.6 Å². The van der Waals surface area contributed by atoms with Gasteiger partial charge in [0.25, 0.3) is 0 Å². The van der Waals surface area contributed by atoms with Crippen LogP contribution < -0.4 is 4.90 Å². The van der Waals surface area contributed by atoms with Gasteiger partial charge in [0.1, 0.15) is 0 Å². The van der Waals surface area contributed by atoms with E-state index >= 15 is 0 Å². The zero-order valence-electron chi connectivity index (χ0n) is 15.5. The van der Waals surface area contributed by atoms with Crippen LogP contribution in [0.25, 0.3) is 16.8 Å². The van der Waals surface area contributed by atoms with Gasteiger partial charge in [-0.05, 0) is 34.4 Å². The molecule has 2 atom stereocenters. The molecule has 130 valence electrons. The summed E-state index contributed by atoms with van der Waals surface area (Å²) in [6.45, 7) is 6.44. The Balaban J connectivity index is 1.86. The first-order valence-electron chi connectivity index (χ1n) is 9.24. The van der Waals surface area contributed by atoms with Gasteiger partial charge in [-0.15, -0.1) is 6.58 Å². The topological polar surface area (TPSA) is 3.24 Å². The van der Waals surface area contributed by atoms with Gasteiger partial charge in [0, 0.05) is 18.2 Å². The molecule has 0 saturated heterocycles. The van der Waals surface area contributed by atoms with E-state index in [-0.39, 0.29) is 5.41 Å². The molecule has 1 aliphatic rings. The van der Waals surface area contributed by atoms with Crippen LogP contribution in [-0.2, 0) is 5.41 Å². The summed E-state index contributed by atoms with van der Waals surface area (Å²) in [5.41, 5.74) is 4.01. The Bertz CT molecular complexity index is 970. The number of anilines is 1. The number of hydrogen-bond acceptors (Lipinski definition) is 1. The summed E-state index contributed by atoms with van der Waals surface area (Å²) >= 11 is 0. The smallest absolute Gasteiger partial charge is 0.0571 e. The van der Waals surface area contributed by atoms with Gasteiger partial charge in [0.2, 0.25) is 0 Å². The van der Waals surface area contributed by atoms with Crippen LogP contribution in [0.15, 0.2) is 85.5 Å². The van der Waals surface area contributed by atoms with Gasteiger partial charge in [-0.25, -0.2) is 0 Å². The van der Waals surface area contributed by atoms with Crippen LogP contribution in [0.4, 0.5) is 5.69 Å². The lowest BCUT2D eigenvalue weighted by Gasteiger charge is -2.33. The molecule has 0 fully saturated rings. The van der Waals surface area contributed by atoms with Gasteiger partial charge in [-0.2, -0.15) is 0 Å². The first kappa shape index (κ1) is 16.7. The molecule has 4 rings (SSSR count). The highest BCUT2D eigenvalue weighted by atomic mass is 15.2. The third-order valence-corrected chi connectivity index (χ3v) is 5.77. The number of rotatable bonds is 4. The Labute approximate surface area is 156 Å². The maximum absolute atomic E-state index is 4.06. The molecule has 1 aliphatic heterocycles. The van der Waals surface area contributed by atoms with E-state index in [1.807, 2.05) is 0 Å². The molecular formula is C25H25N. The van der Waals surface area contributed by atoms with Gasteiger partial charge in [0.05, 0.1) is 6.04 Å². The zero-order valence-corrected chi connectivity index (χ0v) is 15.5. The molecule has 0 amide bonds. The minimum atomic E-state index is -0.00201. The Morgan fingerprint density at radius 3 is 2.50 bits per heavy atom. The average Bonchev–Trinajstić information content (AvgIpc) is 2.88. The normalized spacial score (nSPS) is 22.1. The number of nitrogens with zero attached hydrogens (tertiary/aromatic N) is 1. The monoisotopic (exact) mass is 339 g/mol. The molecule has 0 spiro atoms. The predicted octanol–water partition coefficient (Wildman–Crippen LogP) is 6.21. The quantitative estimate of drug-likeness (QED) is 0.511. The van der Waals surface area contributed by atoms with Crippen molar-refractivity contribution in [3.63, 3.8) is 0 Å². The van der Waals surface area contributed by atoms with Crippen LogP contribution in [0.2, 0.25) is 0 Å². The van der Waals surface area contributed by atoms with E-state index in [4.69, 9.17) is 0 Å². The second kappa shape index (κ2) is 6.49. The van der Waals surface area contributed by atoms with E-state index in [0.717, 1.165) is 6.42 Å². The van der Waals surface area contributed by atoms with Crippen LogP contribution in [0.1, 0.15) is 24.5 Å². The van der Waals surface area contributed by atoms with E-state index in [1.165, 1.54) is 27.6 Å². The van der Waals surface area contributed by atoms with Crippen LogP contribution in [0.3, 0.4) is 0 Å². The highest BCUT2D eigenvalue weighted by Crippen LogP contribution is 2.50. The fraction of sp³-hybridized carbons (Fsp3) is 0.200. The van der Waals surface area contributed by atoms with Crippen molar-refractivity contribution in [3.8, 4) is 0 Å². The van der Waals surface area contributed by atoms with Crippen LogP contribution in [0, 0.1) is 0 Å². The molecule has 0 aliphatic carbocycles. The van der Waals surface area contributed by atoms with Gasteiger partial charge in [-0.3, -0.25) is 0 Å². The van der Waals surface area contributed by atoms with E-state index < -0.39 is 0 Å². The molecule has 0 aromatic heterocycles. The SMILES string of the molecule is C=CCC1(C)c2c(ccc3ccccc23)N(C)C1/C=C/c1ccccc1. The minimum absolute atomic E-state index is 0.00201. The lowest BCUT2D eigenvalue weighted by molar-refractivity contribution is 0.451. The van der Waals surface area contributed by atoms with Gasteiger partial charge >= 0.3 is 0 Å². The fourth-order valence-electron chi connectivity index (χ4n) is 4.51. The summed E-state index contributed by atoms with van der Waals surface area (Å²) in [5, 5.41) is 2.67. The number of hydrogen-bond donors (Lipinski definition) is 0. The lowest BCUT2D eigenvalue weighted by Crippen LogP contribution is -2.39. The van der Waals surface area contributed by atoms with Crippen molar-refractivity contribution in [2.75, 3.05) is 11.9 Å². The summed E-state index contributed by atoms with van der Waals surface area (Å²) in [6.07, 6.45) is 7.61. The molecule has 26 heavy (non-hydrogen) atoms. The van der Waals surface area contributed by atoms with E-state index in [1.54, 1.807) is 0 Å². The molecule has 2 unspecified atom stereocenters. The van der Waals surface area contributed by atoms with E-state index in [9.17, 15) is 0 Å². The molecular weight excluding hydrogens is 314 g/mol. The molecule has 1 heterocycles. The van der Waals surface area contributed by atoms with Gasteiger partial charge in [0.15, 0.2) is 0 Å². The van der Waals surface area contributed by atoms with Crippen LogP contribution in [-0.4, -0.2) is 13.1 Å². The fourth-order valence-corrected chi connectivity index (χ4v) is 4.51. The second-order valence-electron chi connectivity index (χ2n) is 7.42. The lowest BCUT2D eigenvalue weighted by atomic mass is 9.74. The molecule has 3 aromatic carbocycles. The van der Waals surface area contributed by atoms with Crippen LogP contribution >= 0.6 is 0 Å². The number of benzene rings is 3. The Morgan fingerprint density at radius 2 is 1.73 bits per heavy atom. The van der Waals surface area contributed by atoms with Crippen molar-refractivity contribution in [1.29, 1.82) is 0 Å². The van der Waals surface area contributed by atoms with E-state index in [0.29, 0.717) is 6.04 Å². The van der Waals surface area contributed by atoms with Crippen molar-refractivity contribution < 1.29 is 0 Å². The summed E-state index contributed by atoms with van der Waals surface area (Å²) < 4.78 is 0. The molecule has 1 nitrogen and oxygen atoms in total. The van der Waals surface area contributed by atoms with Crippen LogP contribution in [0.5, 0.6) is 0 Å². The average molecular weight is 339 g/mol. The maximum Gasteiger partial charge on any atom is 0.0571 e. The van der Waals surface area contributed by atoms with Crippen molar-refractivity contribution in [2.24, 2.45) is 0 Å². The van der Waals surface area contributed by atoms with Gasteiger partial charge < -0.3 is 4.90 Å². The van der Waals surface area contributed by atoms with E-state index in [2.05, 4.69) is 110 Å². The summed E-state index contributed by atoms with van der Waals surface area (Å²) in [6, 6.07) is 24.1. The zero-order chi connectivity index (χ0) is 18.1. The number of fused-ring (bicyclic) bond motifs is 3. The molecule has 0 N–H and O–H groups in total. The summed E-state index contributed by atoms with van der Waals surface area (Å²) in [5.74, 6) is 0. The highest BCUT2D eigenvalue weighted by molar-refractivity contribution is 5.93. The largest absolute Gasteiger partial charge is 0.367 e. The predicted molar refractivity (Wildman–Crippen MR) is 114 cm³/mol. The Hall–Kier alpha value is -2.80. The van der Waals surface area contributed by atoms with Gasteiger partial charge in [-0.1, -0.05) is 85.8 Å². The first-order valence-corrected chi connectivity index (χ1v) is 9.24. The molecule has 0 radical (unpaired) electrons. The Morgan fingerprint density at radius 1 is 1.00 bits per heavy atom. The standard InChI is InChI=1S/C25H25N/c1-4-18-25(2)23(17-14-19-10-6-5-7-11-19)26(3)22-16-15-20-12-8-9-13-21(20)24(22)25/h4-17,23H,1,18H2,2-3H3/b17-14+. The van der Waals surface area contributed by atoms with Crippen molar-refractivity contribution >= 4 is 22.5 Å². The number of likely N-dealkylation sites (N-methyl/N-ethyl adjacent to an activating group) is 1. The van der Waals surface area contributed by atoms with Crippen molar-refractivity contribution in [2.45, 2.75) is 24.8 Å². The third kappa shape index (κ3) is 2.55.